The molecule has 1 aliphatic heterocycles. The van der Waals surface area contributed by atoms with Gasteiger partial charge in [0.05, 0.1) is 0 Å². The van der Waals surface area contributed by atoms with Crippen LogP contribution in [-0.2, 0) is 9.59 Å². The molecule has 0 aromatic carbocycles. The summed E-state index contributed by atoms with van der Waals surface area (Å²) in [6.07, 6.45) is 3.72. The van der Waals surface area contributed by atoms with Crippen molar-refractivity contribution in [3.05, 3.63) is 12.2 Å². The Hall–Kier alpha value is -1.16. The van der Waals surface area contributed by atoms with E-state index >= 15 is 0 Å². The molecule has 0 bridgehead atoms. The molecule has 18 heavy (non-hydrogen) atoms. The zero-order chi connectivity index (χ0) is 14.1. The molecule has 0 saturated carbocycles. The third-order valence-electron chi connectivity index (χ3n) is 2.99. The molecule has 1 aliphatic rings. The van der Waals surface area contributed by atoms with Crippen LogP contribution >= 0.6 is 0 Å². The number of nitrogens with zero attached hydrogens (tertiary/aromatic N) is 2. The number of hydrogen-bond donors (Lipinski definition) is 0. The van der Waals surface area contributed by atoms with E-state index in [1.54, 1.807) is 0 Å². The van der Waals surface area contributed by atoms with Gasteiger partial charge >= 0.3 is 0 Å². The van der Waals surface area contributed by atoms with Crippen LogP contribution in [0.25, 0.3) is 0 Å². The lowest BCUT2D eigenvalue weighted by Gasteiger charge is -2.33. The van der Waals surface area contributed by atoms with Gasteiger partial charge in [0.2, 0.25) is 5.91 Å². The second kappa shape index (κ2) is 4.84. The Labute approximate surface area is 110 Å². The molecule has 4 heteroatoms. The summed E-state index contributed by atoms with van der Waals surface area (Å²) in [7, 11) is 0. The van der Waals surface area contributed by atoms with Gasteiger partial charge in [-0.2, -0.15) is 0 Å². The standard InChI is InChI=1S/C14H24N2O2/c1-7-15-14(5,6)10-12(18)16(15)11(17)8-9-13(2,3)4/h8-9H,7,10H2,1-6H3/b9-8+. The van der Waals surface area contributed by atoms with Gasteiger partial charge in [-0.05, 0) is 19.3 Å². The van der Waals surface area contributed by atoms with E-state index in [-0.39, 0.29) is 22.8 Å². The van der Waals surface area contributed by atoms with Gasteiger partial charge in [0, 0.05) is 24.6 Å². The second-order valence-electron chi connectivity index (χ2n) is 6.45. The lowest BCUT2D eigenvalue weighted by Crippen LogP contribution is -2.49. The lowest BCUT2D eigenvalue weighted by atomic mass is 9.96. The summed E-state index contributed by atoms with van der Waals surface area (Å²) in [6, 6.07) is 0. The molecule has 0 aromatic rings. The molecule has 4 nitrogen and oxygen atoms in total. The lowest BCUT2D eigenvalue weighted by molar-refractivity contribution is -0.155. The van der Waals surface area contributed by atoms with E-state index in [0.29, 0.717) is 13.0 Å². The quantitative estimate of drug-likeness (QED) is 0.708. The number of amides is 2. The first-order valence-corrected chi connectivity index (χ1v) is 6.42. The van der Waals surface area contributed by atoms with Crippen molar-refractivity contribution >= 4 is 11.8 Å². The first-order valence-electron chi connectivity index (χ1n) is 6.42. The fraction of sp³-hybridized carbons (Fsp3) is 0.714. The van der Waals surface area contributed by atoms with E-state index in [9.17, 15) is 9.59 Å². The molecule has 0 radical (unpaired) electrons. The van der Waals surface area contributed by atoms with Crippen LogP contribution in [0.3, 0.4) is 0 Å². The highest BCUT2D eigenvalue weighted by Crippen LogP contribution is 2.30. The van der Waals surface area contributed by atoms with Gasteiger partial charge in [-0.25, -0.2) is 10.0 Å². The molecule has 0 aliphatic carbocycles. The molecule has 2 amide bonds. The third kappa shape index (κ3) is 3.19. The van der Waals surface area contributed by atoms with Crippen LogP contribution in [0.15, 0.2) is 12.2 Å². The number of imide groups is 1. The maximum absolute atomic E-state index is 12.1. The average Bonchev–Trinajstić information content (AvgIpc) is 2.42. The van der Waals surface area contributed by atoms with Crippen LogP contribution in [0.4, 0.5) is 0 Å². The van der Waals surface area contributed by atoms with Gasteiger partial charge in [0.15, 0.2) is 0 Å². The maximum Gasteiger partial charge on any atom is 0.267 e. The topological polar surface area (TPSA) is 40.6 Å². The van der Waals surface area contributed by atoms with Crippen molar-refractivity contribution in [2.45, 2.75) is 53.5 Å². The molecule has 1 rings (SSSR count). The van der Waals surface area contributed by atoms with E-state index in [1.807, 2.05) is 52.6 Å². The number of allylic oxidation sites excluding steroid dienone is 1. The molecule has 0 aromatic heterocycles. The summed E-state index contributed by atoms with van der Waals surface area (Å²) in [5, 5.41) is 3.12. The summed E-state index contributed by atoms with van der Waals surface area (Å²) in [6.45, 7) is 12.6. The Morgan fingerprint density at radius 3 is 2.39 bits per heavy atom. The molecule has 0 atom stereocenters. The Balaban J connectivity index is 2.92. The fourth-order valence-corrected chi connectivity index (χ4v) is 2.14. The van der Waals surface area contributed by atoms with Crippen LogP contribution in [0, 0.1) is 5.41 Å². The van der Waals surface area contributed by atoms with Crippen molar-refractivity contribution in [1.82, 2.24) is 10.0 Å². The summed E-state index contributed by atoms with van der Waals surface area (Å²) in [5.74, 6) is -0.368. The minimum Gasteiger partial charge on any atom is -0.273 e. The van der Waals surface area contributed by atoms with Crippen LogP contribution in [-0.4, -0.2) is 33.9 Å². The van der Waals surface area contributed by atoms with Crippen molar-refractivity contribution < 1.29 is 9.59 Å². The molecule has 0 spiro atoms. The highest BCUT2D eigenvalue weighted by molar-refractivity contribution is 6.01. The van der Waals surface area contributed by atoms with E-state index in [1.165, 1.54) is 11.1 Å². The molecule has 1 heterocycles. The largest absolute Gasteiger partial charge is 0.273 e. The van der Waals surface area contributed by atoms with Gasteiger partial charge in [-0.1, -0.05) is 33.8 Å². The van der Waals surface area contributed by atoms with Gasteiger partial charge in [0.25, 0.3) is 5.91 Å². The Morgan fingerprint density at radius 1 is 1.39 bits per heavy atom. The van der Waals surface area contributed by atoms with Crippen LogP contribution in [0.2, 0.25) is 0 Å². The molecular weight excluding hydrogens is 228 g/mol. The van der Waals surface area contributed by atoms with Crippen LogP contribution in [0.1, 0.15) is 48.0 Å². The molecule has 102 valence electrons. The number of carbonyl (C=O) groups is 2. The number of carbonyl (C=O) groups excluding carboxylic acids is 2. The van der Waals surface area contributed by atoms with Crippen LogP contribution in [0.5, 0.6) is 0 Å². The smallest absolute Gasteiger partial charge is 0.267 e. The zero-order valence-corrected chi connectivity index (χ0v) is 12.3. The SMILES string of the molecule is CCN1N(C(=O)/C=C/C(C)(C)C)C(=O)CC1(C)C. The number of hydrogen-bond acceptors (Lipinski definition) is 3. The fourth-order valence-electron chi connectivity index (χ4n) is 2.14. The maximum atomic E-state index is 12.1. The first-order chi connectivity index (χ1) is 8.08. The van der Waals surface area contributed by atoms with Crippen molar-refractivity contribution in [1.29, 1.82) is 0 Å². The van der Waals surface area contributed by atoms with Crippen LogP contribution < -0.4 is 0 Å². The van der Waals surface area contributed by atoms with E-state index in [0.717, 1.165) is 0 Å². The molecule has 0 N–H and O–H groups in total. The van der Waals surface area contributed by atoms with E-state index < -0.39 is 0 Å². The normalized spacial score (nSPS) is 21.0. The first kappa shape index (κ1) is 14.9. The van der Waals surface area contributed by atoms with Gasteiger partial charge < -0.3 is 0 Å². The van der Waals surface area contributed by atoms with Gasteiger partial charge in [-0.15, -0.1) is 0 Å². The van der Waals surface area contributed by atoms with E-state index in [2.05, 4.69) is 0 Å². The molecule has 1 fully saturated rings. The minimum atomic E-state index is -0.281. The average molecular weight is 252 g/mol. The molecule has 1 saturated heterocycles. The summed E-state index contributed by atoms with van der Waals surface area (Å²) >= 11 is 0. The predicted octanol–water partition coefficient (Wildman–Crippen LogP) is 2.36. The number of rotatable bonds is 2. The summed E-state index contributed by atoms with van der Waals surface area (Å²) in [4.78, 5) is 24.1. The molecule has 0 unspecified atom stereocenters. The Bertz CT molecular complexity index is 378. The van der Waals surface area contributed by atoms with Gasteiger partial charge in [-0.3, -0.25) is 9.59 Å². The van der Waals surface area contributed by atoms with E-state index in [4.69, 9.17) is 0 Å². The minimum absolute atomic E-state index is 0.0645. The third-order valence-corrected chi connectivity index (χ3v) is 2.99. The van der Waals surface area contributed by atoms with Gasteiger partial charge in [0.1, 0.15) is 0 Å². The Kier molecular flexibility index (Phi) is 4.01. The zero-order valence-electron chi connectivity index (χ0n) is 12.3. The monoisotopic (exact) mass is 252 g/mol. The van der Waals surface area contributed by atoms with Crippen molar-refractivity contribution in [2.75, 3.05) is 6.54 Å². The molecular formula is C14H24N2O2. The Morgan fingerprint density at radius 2 is 1.94 bits per heavy atom. The summed E-state index contributed by atoms with van der Waals surface area (Å²) < 4.78 is 0. The second-order valence-corrected chi connectivity index (χ2v) is 6.45. The van der Waals surface area contributed by atoms with Crippen molar-refractivity contribution in [2.24, 2.45) is 5.41 Å². The highest BCUT2D eigenvalue weighted by atomic mass is 16.2. The number of hydrazine groups is 1. The van der Waals surface area contributed by atoms with Crippen molar-refractivity contribution in [3.63, 3.8) is 0 Å². The predicted molar refractivity (Wildman–Crippen MR) is 71.5 cm³/mol. The van der Waals surface area contributed by atoms with Crippen molar-refractivity contribution in [3.8, 4) is 0 Å². The highest BCUT2D eigenvalue weighted by Gasteiger charge is 2.45. The summed E-state index contributed by atoms with van der Waals surface area (Å²) in [5.41, 5.74) is -0.345.